The minimum absolute atomic E-state index is 0.0597. The topological polar surface area (TPSA) is 106 Å². The van der Waals surface area contributed by atoms with Crippen LogP contribution in [-0.4, -0.2) is 51.9 Å². The SMILES string of the molecule is O=[S@@]1CCc2c1c(NC1(CO)CCC1)nc1c2cnn1C1CCC(c2ncc(Cl)cn2)CC1. The Morgan fingerprint density at radius 1 is 1.18 bits per heavy atom. The van der Waals surface area contributed by atoms with Crippen LogP contribution in [0.25, 0.3) is 11.0 Å². The van der Waals surface area contributed by atoms with E-state index in [-0.39, 0.29) is 18.2 Å². The molecule has 33 heavy (non-hydrogen) atoms. The first kappa shape index (κ1) is 21.4. The third-order valence-electron chi connectivity index (χ3n) is 7.61. The average Bonchev–Trinajstić information content (AvgIpc) is 3.41. The molecule has 0 saturated heterocycles. The van der Waals surface area contributed by atoms with Gasteiger partial charge in [-0.2, -0.15) is 5.10 Å². The fourth-order valence-electron chi connectivity index (χ4n) is 5.53. The summed E-state index contributed by atoms with van der Waals surface area (Å²) in [5, 5.41) is 19.8. The molecule has 2 fully saturated rings. The van der Waals surface area contributed by atoms with Crippen LogP contribution in [0.2, 0.25) is 5.02 Å². The third kappa shape index (κ3) is 3.65. The van der Waals surface area contributed by atoms with Crippen molar-refractivity contribution >= 4 is 39.3 Å². The molecule has 2 N–H and O–H groups in total. The maximum atomic E-state index is 12.8. The average molecular weight is 487 g/mol. The third-order valence-corrected chi connectivity index (χ3v) is 9.28. The highest BCUT2D eigenvalue weighted by Gasteiger charge is 2.39. The van der Waals surface area contributed by atoms with Crippen molar-refractivity contribution in [2.45, 2.75) is 73.8 Å². The maximum Gasteiger partial charge on any atom is 0.160 e. The fraction of sp³-hybridized carbons (Fsp3) is 0.565. The van der Waals surface area contributed by atoms with E-state index >= 15 is 0 Å². The van der Waals surface area contributed by atoms with Crippen LogP contribution in [0.1, 0.15) is 68.3 Å². The standard InChI is InChI=1S/C23H27ClN6O2S/c24-15-10-25-20(26-11-15)14-2-4-16(5-3-14)30-22-18(12-27-30)17-6-9-33(32)19(17)21(28-22)29-23(13-31)7-1-8-23/h10-12,14,16,31H,1-9,13H2,(H,28,29)/t14?,16?,33-/m1/s1. The lowest BCUT2D eigenvalue weighted by Crippen LogP contribution is -2.48. The fourth-order valence-corrected chi connectivity index (χ4v) is 7.02. The number of fused-ring (bicyclic) bond motifs is 3. The van der Waals surface area contributed by atoms with Crippen LogP contribution in [0.15, 0.2) is 23.5 Å². The highest BCUT2D eigenvalue weighted by Crippen LogP contribution is 2.42. The van der Waals surface area contributed by atoms with E-state index in [1.807, 2.05) is 6.20 Å². The zero-order valence-electron chi connectivity index (χ0n) is 18.3. The normalized spacial score (nSPS) is 26.2. The molecule has 10 heteroatoms. The molecule has 2 saturated carbocycles. The minimum atomic E-state index is -1.07. The molecule has 2 aliphatic carbocycles. The van der Waals surface area contributed by atoms with Gasteiger partial charge in [0, 0.05) is 29.5 Å². The molecule has 1 aliphatic heterocycles. The van der Waals surface area contributed by atoms with Gasteiger partial charge < -0.3 is 10.4 Å². The van der Waals surface area contributed by atoms with Crippen molar-refractivity contribution in [3.63, 3.8) is 0 Å². The molecular weight excluding hydrogens is 460 g/mol. The Hall–Kier alpha value is -2.10. The number of anilines is 1. The number of pyridine rings is 1. The minimum Gasteiger partial charge on any atom is -0.394 e. The molecule has 3 aliphatic rings. The molecule has 0 aromatic carbocycles. The number of halogens is 1. The van der Waals surface area contributed by atoms with E-state index in [0.717, 1.165) is 78.7 Å². The van der Waals surface area contributed by atoms with Gasteiger partial charge in [0.1, 0.15) is 11.6 Å². The van der Waals surface area contributed by atoms with Gasteiger partial charge in [-0.1, -0.05) is 11.6 Å². The van der Waals surface area contributed by atoms with Crippen LogP contribution in [-0.2, 0) is 17.2 Å². The van der Waals surface area contributed by atoms with Crippen molar-refractivity contribution in [1.82, 2.24) is 24.7 Å². The van der Waals surface area contributed by atoms with Crippen molar-refractivity contribution in [3.05, 3.63) is 35.0 Å². The summed E-state index contributed by atoms with van der Waals surface area (Å²) < 4.78 is 14.9. The number of nitrogens with one attached hydrogen (secondary N) is 1. The van der Waals surface area contributed by atoms with Gasteiger partial charge in [0.2, 0.25) is 0 Å². The second-order valence-corrected chi connectivity index (χ2v) is 11.5. The molecule has 4 heterocycles. The molecule has 6 rings (SSSR count). The summed E-state index contributed by atoms with van der Waals surface area (Å²) in [6.07, 6.45) is 12.8. The predicted octanol–water partition coefficient (Wildman–Crippen LogP) is 3.76. The molecule has 0 unspecified atom stereocenters. The Morgan fingerprint density at radius 2 is 1.94 bits per heavy atom. The molecule has 3 aromatic heterocycles. The van der Waals surface area contributed by atoms with Gasteiger partial charge in [-0.25, -0.2) is 19.6 Å². The van der Waals surface area contributed by atoms with Gasteiger partial charge >= 0.3 is 0 Å². The molecule has 1 atom stereocenters. The number of hydrogen-bond donors (Lipinski definition) is 2. The van der Waals surface area contributed by atoms with Gasteiger partial charge in [0.15, 0.2) is 5.65 Å². The van der Waals surface area contributed by atoms with Crippen LogP contribution in [0.4, 0.5) is 5.82 Å². The van der Waals surface area contributed by atoms with Crippen molar-refractivity contribution in [1.29, 1.82) is 0 Å². The summed E-state index contributed by atoms with van der Waals surface area (Å²) in [6.45, 7) is 0.0597. The summed E-state index contributed by atoms with van der Waals surface area (Å²) in [5.41, 5.74) is 1.61. The molecule has 0 bridgehead atoms. The van der Waals surface area contributed by atoms with E-state index in [9.17, 15) is 9.32 Å². The van der Waals surface area contributed by atoms with E-state index in [0.29, 0.717) is 22.5 Å². The van der Waals surface area contributed by atoms with Gasteiger partial charge in [0.05, 0.1) is 45.1 Å². The number of aliphatic hydroxyl groups excluding tert-OH is 1. The van der Waals surface area contributed by atoms with Crippen molar-refractivity contribution in [2.75, 3.05) is 17.7 Å². The predicted molar refractivity (Wildman–Crippen MR) is 127 cm³/mol. The van der Waals surface area contributed by atoms with Crippen molar-refractivity contribution < 1.29 is 9.32 Å². The van der Waals surface area contributed by atoms with Gasteiger partial charge in [0.25, 0.3) is 0 Å². The number of rotatable bonds is 5. The molecule has 3 aromatic rings. The number of aliphatic hydroxyl groups is 1. The summed E-state index contributed by atoms with van der Waals surface area (Å²) in [7, 11) is -1.07. The van der Waals surface area contributed by atoms with Crippen LogP contribution >= 0.6 is 11.6 Å². The lowest BCUT2D eigenvalue weighted by molar-refractivity contribution is 0.143. The van der Waals surface area contributed by atoms with Crippen LogP contribution in [0.5, 0.6) is 0 Å². The number of aryl methyl sites for hydroxylation is 1. The first-order valence-electron chi connectivity index (χ1n) is 11.7. The maximum absolute atomic E-state index is 12.8. The van der Waals surface area contributed by atoms with Crippen LogP contribution in [0, 0.1) is 0 Å². The molecule has 8 nitrogen and oxygen atoms in total. The summed E-state index contributed by atoms with van der Waals surface area (Å²) in [6, 6.07) is 0.256. The zero-order chi connectivity index (χ0) is 22.6. The Bertz CT molecular complexity index is 1210. The van der Waals surface area contributed by atoms with Crippen LogP contribution < -0.4 is 5.32 Å². The van der Waals surface area contributed by atoms with E-state index in [4.69, 9.17) is 21.7 Å². The van der Waals surface area contributed by atoms with E-state index in [1.165, 1.54) is 0 Å². The highest BCUT2D eigenvalue weighted by atomic mass is 35.5. The van der Waals surface area contributed by atoms with Gasteiger partial charge in [-0.05, 0) is 56.9 Å². The molecule has 0 radical (unpaired) electrons. The lowest BCUT2D eigenvalue weighted by Gasteiger charge is -2.41. The van der Waals surface area contributed by atoms with E-state index < -0.39 is 10.8 Å². The number of hydrogen-bond acceptors (Lipinski definition) is 7. The Balaban J connectivity index is 1.31. The lowest BCUT2D eigenvalue weighted by atomic mass is 9.77. The molecule has 0 spiro atoms. The van der Waals surface area contributed by atoms with Crippen molar-refractivity contribution in [3.8, 4) is 0 Å². The molecule has 174 valence electrons. The summed E-state index contributed by atoms with van der Waals surface area (Å²) in [4.78, 5) is 14.6. The largest absolute Gasteiger partial charge is 0.394 e. The monoisotopic (exact) mass is 486 g/mol. The van der Waals surface area contributed by atoms with Crippen molar-refractivity contribution in [2.24, 2.45) is 0 Å². The van der Waals surface area contributed by atoms with E-state index in [1.54, 1.807) is 12.4 Å². The summed E-state index contributed by atoms with van der Waals surface area (Å²) in [5.74, 6) is 2.49. The van der Waals surface area contributed by atoms with Gasteiger partial charge in [-0.15, -0.1) is 0 Å². The van der Waals surface area contributed by atoms with Gasteiger partial charge in [-0.3, -0.25) is 4.21 Å². The molecule has 0 amide bonds. The zero-order valence-corrected chi connectivity index (χ0v) is 19.9. The highest BCUT2D eigenvalue weighted by molar-refractivity contribution is 7.85. The number of aromatic nitrogens is 5. The number of nitrogens with zero attached hydrogens (tertiary/aromatic N) is 5. The second-order valence-electron chi connectivity index (χ2n) is 9.58. The smallest absolute Gasteiger partial charge is 0.160 e. The summed E-state index contributed by atoms with van der Waals surface area (Å²) >= 11 is 5.94. The van der Waals surface area contributed by atoms with Crippen LogP contribution in [0.3, 0.4) is 0 Å². The second kappa shape index (κ2) is 8.29. The Labute approximate surface area is 199 Å². The first-order valence-corrected chi connectivity index (χ1v) is 13.4. The van der Waals surface area contributed by atoms with E-state index in [2.05, 4.69) is 20.0 Å². The quantitative estimate of drug-likeness (QED) is 0.565. The first-order chi connectivity index (χ1) is 16.1. The Kier molecular flexibility index (Phi) is 5.38. The Morgan fingerprint density at radius 3 is 2.61 bits per heavy atom. The molecular formula is C23H27ClN6O2S.